The molecule has 4 N–H and O–H groups in total. The third kappa shape index (κ3) is 14.4. The average Bonchev–Trinajstić information content (AvgIpc) is 3.60. The number of benzene rings is 2. The van der Waals surface area contributed by atoms with E-state index in [2.05, 4.69) is 43.6 Å². The molecule has 2 amide bonds. The van der Waals surface area contributed by atoms with E-state index in [0.717, 1.165) is 50.6 Å². The molecule has 1 unspecified atom stereocenters. The van der Waals surface area contributed by atoms with Gasteiger partial charge in [-0.1, -0.05) is 70.8 Å². The number of aliphatic hydroxyl groups is 1. The summed E-state index contributed by atoms with van der Waals surface area (Å²) in [4.78, 5) is 20.8. The minimum Gasteiger partial charge on any atom is -0.393 e. The molecule has 4 atom stereocenters. The number of rotatable bonds is 9. The van der Waals surface area contributed by atoms with Gasteiger partial charge in [-0.15, -0.1) is 0 Å². The second-order valence-electron chi connectivity index (χ2n) is 12.2. The summed E-state index contributed by atoms with van der Waals surface area (Å²) in [7, 11) is 0. The molecule has 10 heteroatoms. The Morgan fingerprint density at radius 1 is 0.953 bits per heavy atom. The zero-order valence-electron chi connectivity index (χ0n) is 26.3. The first kappa shape index (κ1) is 38.8. The Balaban J connectivity index is 0.000000405. The fourth-order valence-electron chi connectivity index (χ4n) is 5.02. The van der Waals surface area contributed by atoms with Crippen molar-refractivity contribution in [3.05, 3.63) is 63.1 Å². The van der Waals surface area contributed by atoms with E-state index < -0.39 is 11.6 Å². The fraction of sp³-hybridized carbons (Fsp3) is 0.576. The Hall–Kier alpha value is -2.26. The molecule has 242 valence electrons. The van der Waals surface area contributed by atoms with Crippen LogP contribution < -0.4 is 16.0 Å². The first-order chi connectivity index (χ1) is 20.3. The molecule has 2 aliphatic rings. The van der Waals surface area contributed by atoms with Gasteiger partial charge < -0.3 is 21.1 Å². The summed E-state index contributed by atoms with van der Waals surface area (Å²) in [6, 6.07) is 7.31. The van der Waals surface area contributed by atoms with E-state index in [4.69, 9.17) is 23.2 Å². The van der Waals surface area contributed by atoms with E-state index in [1.165, 1.54) is 18.2 Å². The second kappa shape index (κ2) is 19.9. The third-order valence-corrected chi connectivity index (χ3v) is 7.40. The molecule has 0 aromatic heterocycles. The van der Waals surface area contributed by atoms with Gasteiger partial charge in [-0.3, -0.25) is 9.59 Å². The number of aliphatic hydroxyl groups excluding tert-OH is 1. The SMILES string of the molecule is CC.CC(C)(C)C.O=CNCCCC1CC[C@@H](O)C1.O=CNc1cc(Cl)c(F)cc1[C@@H]1CNC[C@@H]1c1ccc(F)c(Cl)c1. The molecule has 1 saturated carbocycles. The molecule has 0 radical (unpaired) electrons. The third-order valence-electron chi connectivity index (χ3n) is 6.82. The van der Waals surface area contributed by atoms with Gasteiger partial charge in [-0.25, -0.2) is 8.78 Å². The Kier molecular flexibility index (Phi) is 17.9. The summed E-state index contributed by atoms with van der Waals surface area (Å²) >= 11 is 11.7. The maximum Gasteiger partial charge on any atom is 0.211 e. The zero-order chi connectivity index (χ0) is 32.6. The number of halogens is 4. The largest absolute Gasteiger partial charge is 0.393 e. The van der Waals surface area contributed by atoms with Crippen molar-refractivity contribution in [1.29, 1.82) is 0 Å². The number of anilines is 1. The van der Waals surface area contributed by atoms with Crippen molar-refractivity contribution >= 4 is 41.7 Å². The molecule has 43 heavy (non-hydrogen) atoms. The minimum atomic E-state index is -0.550. The van der Waals surface area contributed by atoms with E-state index in [1.807, 2.05) is 13.8 Å². The standard InChI is InChI=1S/C17H14Cl2F2N2O.C9H17NO2.C5H12.C2H6/c18-13-3-9(1-2-15(13)20)11-6-22-7-12(11)10-4-16(21)14(19)5-17(10)23-8-24;11-7-10-5-1-2-8-3-4-9(12)6-8;1-5(2,3)4;1-2/h1-5,8,11-12,22H,6-7H2,(H,23,24);7-9,12H,1-6H2,(H,10,11);1-4H3;1-2H3/t11-,12+;8?,9-;;/m11../s1. The van der Waals surface area contributed by atoms with Gasteiger partial charge >= 0.3 is 0 Å². The average molecular weight is 645 g/mol. The van der Waals surface area contributed by atoms with Crippen LogP contribution in [0.2, 0.25) is 10.0 Å². The maximum atomic E-state index is 14.0. The highest BCUT2D eigenvalue weighted by atomic mass is 35.5. The molecule has 6 nitrogen and oxygen atoms in total. The van der Waals surface area contributed by atoms with Crippen LogP contribution >= 0.6 is 23.2 Å². The molecule has 1 aliphatic carbocycles. The summed E-state index contributed by atoms with van der Waals surface area (Å²) in [5.41, 5.74) is 2.45. The molecule has 4 rings (SSSR count). The van der Waals surface area contributed by atoms with Crippen LogP contribution in [0.25, 0.3) is 0 Å². The van der Waals surface area contributed by atoms with Gasteiger partial charge in [0.05, 0.1) is 16.1 Å². The molecule has 1 aliphatic heterocycles. The first-order valence-electron chi connectivity index (χ1n) is 15.0. The molecule has 2 aromatic carbocycles. The second-order valence-corrected chi connectivity index (χ2v) is 13.0. The van der Waals surface area contributed by atoms with Crippen molar-refractivity contribution < 1.29 is 23.5 Å². The van der Waals surface area contributed by atoms with Crippen molar-refractivity contribution in [2.45, 2.75) is 91.6 Å². The van der Waals surface area contributed by atoms with Gasteiger partial charge in [0.15, 0.2) is 0 Å². The number of carbonyl (C=O) groups is 2. The van der Waals surface area contributed by atoms with E-state index >= 15 is 0 Å². The lowest BCUT2D eigenvalue weighted by atomic mass is 9.83. The predicted octanol–water partition coefficient (Wildman–Crippen LogP) is 8.06. The van der Waals surface area contributed by atoms with Crippen LogP contribution in [0.4, 0.5) is 14.5 Å². The van der Waals surface area contributed by atoms with E-state index in [1.54, 1.807) is 12.1 Å². The Bertz CT molecular complexity index is 1130. The van der Waals surface area contributed by atoms with Crippen molar-refractivity contribution in [1.82, 2.24) is 10.6 Å². The van der Waals surface area contributed by atoms with Crippen LogP contribution in [0.5, 0.6) is 0 Å². The Morgan fingerprint density at radius 2 is 1.58 bits per heavy atom. The highest BCUT2D eigenvalue weighted by Gasteiger charge is 2.32. The summed E-state index contributed by atoms with van der Waals surface area (Å²) < 4.78 is 27.4. The Labute approximate surface area is 266 Å². The van der Waals surface area contributed by atoms with Gasteiger partial charge in [0, 0.05) is 37.2 Å². The first-order valence-corrected chi connectivity index (χ1v) is 15.8. The van der Waals surface area contributed by atoms with Crippen molar-refractivity contribution in [3.8, 4) is 0 Å². The molecule has 1 saturated heterocycles. The molecule has 0 bridgehead atoms. The molecule has 2 fully saturated rings. The van der Waals surface area contributed by atoms with Crippen molar-refractivity contribution in [3.63, 3.8) is 0 Å². The van der Waals surface area contributed by atoms with Gasteiger partial charge in [-0.05, 0) is 78.8 Å². The molecular weight excluding hydrogens is 595 g/mol. The molecule has 2 aromatic rings. The predicted molar refractivity (Wildman–Crippen MR) is 174 cm³/mol. The topological polar surface area (TPSA) is 90.5 Å². The van der Waals surface area contributed by atoms with Gasteiger partial charge in [0.2, 0.25) is 12.8 Å². The lowest BCUT2D eigenvalue weighted by Gasteiger charge is -2.22. The molecular formula is C33H49Cl2F2N3O3. The number of hydrogen-bond acceptors (Lipinski definition) is 4. The van der Waals surface area contributed by atoms with Crippen LogP contribution in [0, 0.1) is 23.0 Å². The molecule has 1 heterocycles. The van der Waals surface area contributed by atoms with E-state index in [-0.39, 0.29) is 28.0 Å². The van der Waals surface area contributed by atoms with Gasteiger partial charge in [0.1, 0.15) is 11.6 Å². The number of nitrogens with one attached hydrogen (secondary N) is 3. The van der Waals surface area contributed by atoms with Crippen LogP contribution in [0.1, 0.15) is 96.6 Å². The molecule has 0 spiro atoms. The highest BCUT2D eigenvalue weighted by Crippen LogP contribution is 2.41. The van der Waals surface area contributed by atoms with Crippen molar-refractivity contribution in [2.75, 3.05) is 25.0 Å². The minimum absolute atomic E-state index is 0.0316. The van der Waals surface area contributed by atoms with Crippen molar-refractivity contribution in [2.24, 2.45) is 11.3 Å². The monoisotopic (exact) mass is 643 g/mol. The lowest BCUT2D eigenvalue weighted by molar-refractivity contribution is -0.109. The van der Waals surface area contributed by atoms with E-state index in [9.17, 15) is 23.5 Å². The van der Waals surface area contributed by atoms with Crippen LogP contribution in [-0.2, 0) is 9.59 Å². The van der Waals surface area contributed by atoms with Crippen LogP contribution in [0.3, 0.4) is 0 Å². The number of hydrogen-bond donors (Lipinski definition) is 4. The summed E-state index contributed by atoms with van der Waals surface area (Å²) in [5, 5.41) is 17.7. The number of amides is 2. The highest BCUT2D eigenvalue weighted by molar-refractivity contribution is 6.31. The number of carbonyl (C=O) groups excluding carboxylic acids is 2. The van der Waals surface area contributed by atoms with Crippen LogP contribution in [-0.4, -0.2) is 43.7 Å². The van der Waals surface area contributed by atoms with E-state index in [0.29, 0.717) is 42.1 Å². The summed E-state index contributed by atoms with van der Waals surface area (Å²) in [6.45, 7) is 14.8. The lowest BCUT2D eigenvalue weighted by Crippen LogP contribution is -2.13. The smallest absolute Gasteiger partial charge is 0.211 e. The fourth-order valence-corrected chi connectivity index (χ4v) is 5.37. The van der Waals surface area contributed by atoms with Gasteiger partial charge in [-0.2, -0.15) is 0 Å². The van der Waals surface area contributed by atoms with Gasteiger partial charge in [0.25, 0.3) is 0 Å². The maximum absolute atomic E-state index is 14.0. The Morgan fingerprint density at radius 3 is 2.14 bits per heavy atom. The normalized spacial score (nSPS) is 20.8. The quantitative estimate of drug-likeness (QED) is 0.164. The summed E-state index contributed by atoms with van der Waals surface area (Å²) in [6.07, 6.45) is 6.46. The summed E-state index contributed by atoms with van der Waals surface area (Å²) in [5.74, 6) is -0.486. The zero-order valence-corrected chi connectivity index (χ0v) is 27.8. The van der Waals surface area contributed by atoms with Crippen LogP contribution in [0.15, 0.2) is 30.3 Å².